The lowest BCUT2D eigenvalue weighted by molar-refractivity contribution is -0.138. The smallest absolute Gasteiger partial charge is 0.335 e. The quantitative estimate of drug-likeness (QED) is 0.0943. The van der Waals surface area contributed by atoms with Crippen molar-refractivity contribution in [3.8, 4) is 0 Å². The van der Waals surface area contributed by atoms with Crippen molar-refractivity contribution in [2.75, 3.05) is 32.7 Å². The Morgan fingerprint density at radius 2 is 1.04 bits per heavy atom. The maximum atomic E-state index is 14.0. The number of hydrogen-bond donors (Lipinski definition) is 2. The van der Waals surface area contributed by atoms with Gasteiger partial charge in [-0.25, -0.2) is 4.79 Å². The number of fused-ring (bicyclic) bond motifs is 2. The van der Waals surface area contributed by atoms with Gasteiger partial charge < -0.3 is 20.6 Å². The molecule has 0 radical (unpaired) electrons. The van der Waals surface area contributed by atoms with Crippen molar-refractivity contribution >= 4 is 70.0 Å². The normalized spacial score (nSPS) is 22.8. The summed E-state index contributed by atoms with van der Waals surface area (Å²) in [5.41, 5.74) is 9.57. The third-order valence-electron chi connectivity index (χ3n) is 15.5. The van der Waals surface area contributed by atoms with Crippen molar-refractivity contribution in [1.29, 1.82) is 0 Å². The number of amides is 2. The van der Waals surface area contributed by atoms with Crippen molar-refractivity contribution < 1.29 is 24.3 Å². The number of halogens is 4. The number of aryl methyl sites for hydroxylation is 2. The molecule has 4 fully saturated rings. The first-order valence-electron chi connectivity index (χ1n) is 27.4. The van der Waals surface area contributed by atoms with E-state index in [2.05, 4.69) is 122 Å². The lowest BCUT2D eigenvalue weighted by Crippen LogP contribution is -2.50. The van der Waals surface area contributed by atoms with E-state index in [1.54, 1.807) is 18.2 Å². The molecule has 4 aliphatic rings. The largest absolute Gasteiger partial charge is 0.478 e. The number of nitrogens with zero attached hydrogens (tertiary/aromatic N) is 4. The van der Waals surface area contributed by atoms with E-state index < -0.39 is 5.97 Å². The van der Waals surface area contributed by atoms with Crippen LogP contribution in [-0.2, 0) is 22.4 Å². The molecule has 8 rings (SSSR count). The second-order valence-corrected chi connectivity index (χ2v) is 24.1. The minimum atomic E-state index is -1.01. The molecule has 0 aliphatic carbocycles. The number of hydrogen-bond acceptors (Lipinski definition) is 7. The van der Waals surface area contributed by atoms with Gasteiger partial charge in [0.25, 0.3) is 0 Å². The van der Waals surface area contributed by atoms with Crippen LogP contribution >= 0.6 is 46.4 Å². The number of benzene rings is 4. The van der Waals surface area contributed by atoms with Gasteiger partial charge in [-0.15, -0.1) is 0 Å². The molecule has 4 aromatic carbocycles. The average molecular weight is 1110 g/mol. The predicted octanol–water partition coefficient (Wildman–Crippen LogP) is 13.3. The van der Waals surface area contributed by atoms with E-state index in [9.17, 15) is 19.2 Å². The maximum absolute atomic E-state index is 14.0. The molecule has 8 atom stereocenters. The SMILES string of the molecule is CC(C)C[C@H](CCC(=O)c1ccc(Cl)c(Cl)c1)N1CCC(CCc2ccccc2)N2C[C@H](C)C[C@H]2C1=O.CC(C)C[C@H](CN)N1CCC(CCc2ccccc2)N2C[C@H](C)C[C@H]2C1=O.O=C(O)c1ccc(Cl)c(Cl)c1. The second-order valence-electron chi connectivity index (χ2n) is 22.4. The molecule has 0 aromatic heterocycles. The lowest BCUT2D eigenvalue weighted by Gasteiger charge is -2.34. The second kappa shape index (κ2) is 29.1. The van der Waals surface area contributed by atoms with Crippen LogP contribution in [-0.4, -0.2) is 117 Å². The van der Waals surface area contributed by atoms with Gasteiger partial charge in [-0.3, -0.25) is 24.2 Å². The Bertz CT molecular complexity index is 2480. The Morgan fingerprint density at radius 3 is 1.47 bits per heavy atom. The van der Waals surface area contributed by atoms with Gasteiger partial charge in [-0.2, -0.15) is 0 Å². The highest BCUT2D eigenvalue weighted by atomic mass is 35.5. The number of rotatable bonds is 18. The first-order valence-corrected chi connectivity index (χ1v) is 28.9. The van der Waals surface area contributed by atoms with Crippen LogP contribution in [0.5, 0.6) is 0 Å². The van der Waals surface area contributed by atoms with E-state index in [1.807, 2.05) is 0 Å². The summed E-state index contributed by atoms with van der Waals surface area (Å²) in [6, 6.07) is 31.8. The Morgan fingerprint density at radius 1 is 0.613 bits per heavy atom. The molecule has 0 spiro atoms. The molecule has 4 heterocycles. The first-order chi connectivity index (χ1) is 35.8. The summed E-state index contributed by atoms with van der Waals surface area (Å²) in [5.74, 6) is 1.75. The zero-order valence-corrected chi connectivity index (χ0v) is 48.0. The van der Waals surface area contributed by atoms with Crippen LogP contribution in [0.1, 0.15) is 138 Å². The van der Waals surface area contributed by atoms with Gasteiger partial charge in [0.15, 0.2) is 5.78 Å². The molecule has 2 unspecified atom stereocenters. The van der Waals surface area contributed by atoms with Gasteiger partial charge in [0.05, 0.1) is 37.7 Å². The van der Waals surface area contributed by atoms with E-state index in [-0.39, 0.29) is 46.4 Å². The molecule has 14 heteroatoms. The number of carbonyl (C=O) groups is 4. The molecule has 75 heavy (non-hydrogen) atoms. The molecule has 3 N–H and O–H groups in total. The number of carboxylic acid groups (broad SMARTS) is 1. The van der Waals surface area contributed by atoms with Crippen molar-refractivity contribution in [3.63, 3.8) is 0 Å². The number of aromatic carboxylic acids is 1. The minimum absolute atomic E-state index is 0.0429. The van der Waals surface area contributed by atoms with Crippen molar-refractivity contribution in [2.24, 2.45) is 29.4 Å². The molecular weight excluding hydrogens is 1020 g/mol. The van der Waals surface area contributed by atoms with E-state index in [1.165, 1.54) is 29.3 Å². The molecule has 0 saturated carbocycles. The molecule has 2 amide bonds. The lowest BCUT2D eigenvalue weighted by atomic mass is 9.94. The molecule has 0 bridgehead atoms. The Kier molecular flexibility index (Phi) is 23.4. The van der Waals surface area contributed by atoms with Gasteiger partial charge in [0, 0.05) is 68.9 Å². The van der Waals surface area contributed by atoms with E-state index in [4.69, 9.17) is 57.2 Å². The third kappa shape index (κ3) is 17.2. The van der Waals surface area contributed by atoms with Crippen molar-refractivity contribution in [2.45, 2.75) is 155 Å². The number of carboxylic acids is 1. The highest BCUT2D eigenvalue weighted by Gasteiger charge is 2.46. The molecule has 4 aliphatic heterocycles. The van der Waals surface area contributed by atoms with Gasteiger partial charge in [0.1, 0.15) is 0 Å². The number of Topliss-reactive ketones (excluding diaryl/α,β-unsaturated/α-hetero) is 1. The van der Waals surface area contributed by atoms with Crippen LogP contribution < -0.4 is 5.73 Å². The van der Waals surface area contributed by atoms with Crippen molar-refractivity contribution in [1.82, 2.24) is 19.6 Å². The summed E-state index contributed by atoms with van der Waals surface area (Å²) in [6.07, 6.45) is 11.2. The summed E-state index contributed by atoms with van der Waals surface area (Å²) >= 11 is 23.3. The summed E-state index contributed by atoms with van der Waals surface area (Å²) in [4.78, 5) is 60.1. The van der Waals surface area contributed by atoms with E-state index >= 15 is 0 Å². The van der Waals surface area contributed by atoms with Crippen LogP contribution in [0.15, 0.2) is 97.1 Å². The first kappa shape index (κ1) is 60.2. The summed E-state index contributed by atoms with van der Waals surface area (Å²) in [7, 11) is 0. The Balaban J connectivity index is 0.000000209. The topological polar surface area (TPSA) is 127 Å². The maximum Gasteiger partial charge on any atom is 0.335 e. The van der Waals surface area contributed by atoms with Crippen molar-refractivity contribution in [3.05, 3.63) is 139 Å². The molecule has 4 saturated heterocycles. The van der Waals surface area contributed by atoms with Crippen LogP contribution in [0.3, 0.4) is 0 Å². The monoisotopic (exact) mass is 1100 g/mol. The average Bonchev–Trinajstić information content (AvgIpc) is 3.91. The molecular formula is C61H81Cl4N5O5. The van der Waals surface area contributed by atoms with Crippen LogP contribution in [0.2, 0.25) is 20.1 Å². The summed E-state index contributed by atoms with van der Waals surface area (Å²) < 4.78 is 0. The van der Waals surface area contributed by atoms with Crippen LogP contribution in [0.4, 0.5) is 0 Å². The number of nitrogens with two attached hydrogens (primary N) is 1. The Labute approximate surface area is 467 Å². The van der Waals surface area contributed by atoms with Gasteiger partial charge >= 0.3 is 5.97 Å². The third-order valence-corrected chi connectivity index (χ3v) is 17.0. The number of ketones is 1. The standard InChI is InChI=1S/C31H40Cl2N2O2.C23H37N3O.C7H4Cl2O2/c1-21(2)17-26(12-14-30(36)24-10-13-27(32)28(33)19-24)34-16-15-25(11-9-23-7-5-4-6-8-23)35-20-22(3)18-29(35)31(34)37;1-17(2)13-21(15-24)25-12-11-20(10-9-19-7-5-4-6-8-19)26-16-18(3)14-22(26)23(25)27;8-5-2-1-4(7(10)11)3-6(5)9/h4-8,10,13,19,21-22,25-26,29H,9,11-12,14-18,20H2,1-3H3;4-8,17-18,20-22H,9-16,24H2,1-3H3;1-3H,(H,10,11)/t22-,25?,26+,29+;18-,20?,21-,22+;/m11./s1. The van der Waals surface area contributed by atoms with E-state index in [0.29, 0.717) is 81.7 Å². The minimum Gasteiger partial charge on any atom is -0.478 e. The zero-order chi connectivity index (χ0) is 54.3. The fraction of sp³-hybridized carbons (Fsp3) is 0.541. The number of carbonyl (C=O) groups excluding carboxylic acids is 3. The molecule has 10 nitrogen and oxygen atoms in total. The Hall–Kier alpha value is -4.00. The molecule has 408 valence electrons. The van der Waals surface area contributed by atoms with Gasteiger partial charge in [-0.05, 0) is 142 Å². The van der Waals surface area contributed by atoms with Gasteiger partial charge in [-0.1, -0.05) is 149 Å². The zero-order valence-electron chi connectivity index (χ0n) is 45.0. The highest BCUT2D eigenvalue weighted by Crippen LogP contribution is 2.36. The molecule has 4 aromatic rings. The fourth-order valence-corrected chi connectivity index (χ4v) is 12.4. The van der Waals surface area contributed by atoms with Gasteiger partial charge in [0.2, 0.25) is 11.8 Å². The summed E-state index contributed by atoms with van der Waals surface area (Å²) in [6.45, 7) is 17.6. The van der Waals surface area contributed by atoms with E-state index in [0.717, 1.165) is 90.4 Å². The van der Waals surface area contributed by atoms with Crippen LogP contribution in [0, 0.1) is 23.7 Å². The highest BCUT2D eigenvalue weighted by molar-refractivity contribution is 6.42. The summed E-state index contributed by atoms with van der Waals surface area (Å²) in [5, 5.41) is 9.95. The fourth-order valence-electron chi connectivity index (χ4n) is 11.8. The van der Waals surface area contributed by atoms with Crippen LogP contribution in [0.25, 0.3) is 0 Å². The predicted molar refractivity (Wildman–Crippen MR) is 307 cm³/mol.